The third kappa shape index (κ3) is 2.71. The average molecular weight is 325 g/mol. The number of thiophene rings is 1. The van der Waals surface area contributed by atoms with Crippen LogP contribution in [0.25, 0.3) is 10.2 Å². The normalized spacial score (nSPS) is 17.2. The van der Waals surface area contributed by atoms with Crippen molar-refractivity contribution < 1.29 is 5.11 Å². The zero-order chi connectivity index (χ0) is 15.8. The first kappa shape index (κ1) is 14.6. The largest absolute Gasteiger partial charge is 0.392 e. The van der Waals surface area contributed by atoms with Crippen LogP contribution in [0, 0.1) is 5.92 Å². The number of aryl methyl sites for hydroxylation is 1. The minimum Gasteiger partial charge on any atom is -0.392 e. The lowest BCUT2D eigenvalue weighted by Gasteiger charge is -2.18. The van der Waals surface area contributed by atoms with E-state index in [1.54, 1.807) is 17.7 Å². The minimum atomic E-state index is 0.0421. The van der Waals surface area contributed by atoms with E-state index in [9.17, 15) is 5.11 Å². The Balaban J connectivity index is 1.78. The molecule has 3 aromatic rings. The summed E-state index contributed by atoms with van der Waals surface area (Å²) in [5.41, 5.74) is 3.26. The Labute approximate surface area is 139 Å². The van der Waals surface area contributed by atoms with Crippen LogP contribution in [-0.2, 0) is 19.4 Å². The molecular weight excluding hydrogens is 306 g/mol. The van der Waals surface area contributed by atoms with Gasteiger partial charge in [-0.1, -0.05) is 19.1 Å². The molecule has 0 fully saturated rings. The second kappa shape index (κ2) is 5.91. The van der Waals surface area contributed by atoms with Crippen LogP contribution < -0.4 is 5.32 Å². The fourth-order valence-corrected chi connectivity index (χ4v) is 4.60. The van der Waals surface area contributed by atoms with Gasteiger partial charge in [0.2, 0.25) is 0 Å². The molecular formula is C18H19N3OS. The van der Waals surface area contributed by atoms with Crippen molar-refractivity contribution in [1.29, 1.82) is 0 Å². The number of hydrogen-bond donors (Lipinski definition) is 2. The van der Waals surface area contributed by atoms with Gasteiger partial charge in [-0.2, -0.15) is 0 Å². The third-order valence-corrected chi connectivity index (χ3v) is 5.63. The summed E-state index contributed by atoms with van der Waals surface area (Å²) in [6, 6.07) is 7.80. The van der Waals surface area contributed by atoms with Gasteiger partial charge in [0.15, 0.2) is 0 Å². The van der Waals surface area contributed by atoms with E-state index in [2.05, 4.69) is 22.2 Å². The lowest BCUT2D eigenvalue weighted by atomic mass is 9.89. The quantitative estimate of drug-likeness (QED) is 0.762. The summed E-state index contributed by atoms with van der Waals surface area (Å²) < 4.78 is 0. The van der Waals surface area contributed by atoms with Gasteiger partial charge in [0.05, 0.1) is 12.0 Å². The highest BCUT2D eigenvalue weighted by atomic mass is 32.1. The number of nitrogens with one attached hydrogen (secondary N) is 1. The SMILES string of the molecule is CC1CCc2c(sc3ncnc(Nc4cccc(CO)c4)c23)C1. The van der Waals surface area contributed by atoms with Crippen LogP contribution in [0.5, 0.6) is 0 Å². The van der Waals surface area contributed by atoms with Crippen LogP contribution >= 0.6 is 11.3 Å². The maximum atomic E-state index is 9.30. The molecule has 0 amide bonds. The van der Waals surface area contributed by atoms with Gasteiger partial charge in [-0.05, 0) is 48.4 Å². The molecule has 2 heterocycles. The van der Waals surface area contributed by atoms with E-state index in [1.807, 2.05) is 24.3 Å². The number of rotatable bonds is 3. The Morgan fingerprint density at radius 1 is 1.35 bits per heavy atom. The lowest BCUT2D eigenvalue weighted by molar-refractivity contribution is 0.282. The standard InChI is InChI=1S/C18H19N3OS/c1-11-5-6-14-15(7-11)23-18-16(14)17(19-10-20-18)21-13-4-2-3-12(8-13)9-22/h2-4,8,10-11,22H,5-7,9H2,1H3,(H,19,20,21). The number of hydrogen-bond acceptors (Lipinski definition) is 5. The summed E-state index contributed by atoms with van der Waals surface area (Å²) in [6.45, 7) is 2.36. The van der Waals surface area contributed by atoms with Gasteiger partial charge >= 0.3 is 0 Å². The first-order valence-corrected chi connectivity index (χ1v) is 8.78. The van der Waals surface area contributed by atoms with Crippen LogP contribution in [0.1, 0.15) is 29.3 Å². The van der Waals surface area contributed by atoms with Crippen molar-refractivity contribution in [2.45, 2.75) is 32.8 Å². The van der Waals surface area contributed by atoms with E-state index in [-0.39, 0.29) is 6.61 Å². The molecule has 1 aliphatic rings. The van der Waals surface area contributed by atoms with Gasteiger partial charge in [-0.3, -0.25) is 0 Å². The van der Waals surface area contributed by atoms with Crippen molar-refractivity contribution in [3.05, 3.63) is 46.6 Å². The van der Waals surface area contributed by atoms with E-state index in [1.165, 1.54) is 22.2 Å². The Kier molecular flexibility index (Phi) is 3.75. The number of aromatic nitrogens is 2. The second-order valence-corrected chi connectivity index (χ2v) is 7.32. The van der Waals surface area contributed by atoms with Crippen molar-refractivity contribution in [1.82, 2.24) is 9.97 Å². The molecule has 1 aliphatic carbocycles. The van der Waals surface area contributed by atoms with E-state index < -0.39 is 0 Å². The molecule has 5 heteroatoms. The number of fused-ring (bicyclic) bond motifs is 3. The van der Waals surface area contributed by atoms with Gasteiger partial charge in [-0.15, -0.1) is 11.3 Å². The molecule has 2 aromatic heterocycles. The zero-order valence-electron chi connectivity index (χ0n) is 13.0. The van der Waals surface area contributed by atoms with Gasteiger partial charge in [0.25, 0.3) is 0 Å². The number of aliphatic hydroxyl groups excluding tert-OH is 1. The molecule has 0 radical (unpaired) electrons. The second-order valence-electron chi connectivity index (χ2n) is 6.24. The highest BCUT2D eigenvalue weighted by molar-refractivity contribution is 7.19. The molecule has 0 saturated carbocycles. The number of anilines is 2. The Morgan fingerprint density at radius 2 is 2.26 bits per heavy atom. The maximum absolute atomic E-state index is 9.30. The molecule has 1 unspecified atom stereocenters. The number of nitrogens with zero attached hydrogens (tertiary/aromatic N) is 2. The first-order chi connectivity index (χ1) is 11.2. The molecule has 0 bridgehead atoms. The lowest BCUT2D eigenvalue weighted by Crippen LogP contribution is -2.09. The van der Waals surface area contributed by atoms with Crippen molar-refractivity contribution in [2.75, 3.05) is 5.32 Å². The summed E-state index contributed by atoms with van der Waals surface area (Å²) in [7, 11) is 0. The van der Waals surface area contributed by atoms with Crippen molar-refractivity contribution in [3.8, 4) is 0 Å². The molecule has 4 nitrogen and oxygen atoms in total. The van der Waals surface area contributed by atoms with Crippen molar-refractivity contribution >= 4 is 33.1 Å². The van der Waals surface area contributed by atoms with Crippen molar-refractivity contribution in [2.24, 2.45) is 5.92 Å². The van der Waals surface area contributed by atoms with Crippen LogP contribution in [0.4, 0.5) is 11.5 Å². The average Bonchev–Trinajstić information content (AvgIpc) is 2.93. The minimum absolute atomic E-state index is 0.0421. The monoisotopic (exact) mass is 325 g/mol. The number of aliphatic hydroxyl groups is 1. The molecule has 118 valence electrons. The predicted octanol–water partition coefficient (Wildman–Crippen LogP) is 4.05. The van der Waals surface area contributed by atoms with Crippen LogP contribution in [-0.4, -0.2) is 15.1 Å². The topological polar surface area (TPSA) is 58.0 Å². The zero-order valence-corrected chi connectivity index (χ0v) is 13.9. The molecule has 0 saturated heterocycles. The van der Waals surface area contributed by atoms with E-state index in [4.69, 9.17) is 0 Å². The molecule has 0 aliphatic heterocycles. The Bertz CT molecular complexity index is 859. The highest BCUT2D eigenvalue weighted by Gasteiger charge is 2.23. The van der Waals surface area contributed by atoms with Gasteiger partial charge in [0, 0.05) is 10.6 Å². The molecule has 4 rings (SSSR count). The molecule has 1 atom stereocenters. The van der Waals surface area contributed by atoms with Gasteiger partial charge in [-0.25, -0.2) is 9.97 Å². The Morgan fingerprint density at radius 3 is 3.13 bits per heavy atom. The van der Waals surface area contributed by atoms with E-state index >= 15 is 0 Å². The first-order valence-electron chi connectivity index (χ1n) is 7.96. The molecule has 1 aromatic carbocycles. The fraction of sp³-hybridized carbons (Fsp3) is 0.333. The van der Waals surface area contributed by atoms with Crippen LogP contribution in [0.3, 0.4) is 0 Å². The Hall–Kier alpha value is -1.98. The van der Waals surface area contributed by atoms with Crippen LogP contribution in [0.2, 0.25) is 0 Å². The molecule has 23 heavy (non-hydrogen) atoms. The summed E-state index contributed by atoms with van der Waals surface area (Å²) in [6.07, 6.45) is 5.12. The van der Waals surface area contributed by atoms with E-state index in [0.29, 0.717) is 0 Å². The third-order valence-electron chi connectivity index (χ3n) is 4.46. The van der Waals surface area contributed by atoms with Crippen molar-refractivity contribution in [3.63, 3.8) is 0 Å². The van der Waals surface area contributed by atoms with Gasteiger partial charge < -0.3 is 10.4 Å². The maximum Gasteiger partial charge on any atom is 0.142 e. The smallest absolute Gasteiger partial charge is 0.142 e. The summed E-state index contributed by atoms with van der Waals surface area (Å²) in [5.74, 6) is 1.62. The number of benzene rings is 1. The fourth-order valence-electron chi connectivity index (χ4n) is 3.25. The summed E-state index contributed by atoms with van der Waals surface area (Å²) in [5, 5.41) is 13.9. The highest BCUT2D eigenvalue weighted by Crippen LogP contribution is 2.40. The van der Waals surface area contributed by atoms with Crippen LogP contribution in [0.15, 0.2) is 30.6 Å². The predicted molar refractivity (Wildman–Crippen MR) is 94.3 cm³/mol. The van der Waals surface area contributed by atoms with E-state index in [0.717, 1.165) is 40.7 Å². The molecule has 0 spiro atoms. The molecule has 2 N–H and O–H groups in total. The van der Waals surface area contributed by atoms with Gasteiger partial charge in [0.1, 0.15) is 17.0 Å². The summed E-state index contributed by atoms with van der Waals surface area (Å²) in [4.78, 5) is 11.5. The summed E-state index contributed by atoms with van der Waals surface area (Å²) >= 11 is 1.80.